The summed E-state index contributed by atoms with van der Waals surface area (Å²) in [6.07, 6.45) is 0.723. The van der Waals surface area contributed by atoms with Gasteiger partial charge in [-0.15, -0.1) is 0 Å². The summed E-state index contributed by atoms with van der Waals surface area (Å²) in [5.74, 6) is -0.133. The molecule has 1 fully saturated rings. The fourth-order valence-electron chi connectivity index (χ4n) is 4.33. The SMILES string of the molecule is CCC[C@H](c1ccccc1)[C@@]1(n2cnc3c(N)ncnc32)O[C@H](CO)[C@@H](O)[C@H]1O. The molecule has 4 rings (SSSR count). The van der Waals surface area contributed by atoms with Gasteiger partial charge >= 0.3 is 0 Å². The first-order valence-corrected chi connectivity index (χ1v) is 9.68. The number of benzene rings is 1. The molecule has 1 aliphatic rings. The molecule has 0 bridgehead atoms. The van der Waals surface area contributed by atoms with Gasteiger partial charge in [0.05, 0.1) is 12.9 Å². The number of imidazole rings is 1. The Morgan fingerprint density at radius 3 is 2.62 bits per heavy atom. The Morgan fingerprint density at radius 2 is 1.97 bits per heavy atom. The van der Waals surface area contributed by atoms with E-state index >= 15 is 0 Å². The predicted molar refractivity (Wildman–Crippen MR) is 106 cm³/mol. The largest absolute Gasteiger partial charge is 0.394 e. The van der Waals surface area contributed by atoms with Crippen molar-refractivity contribution in [2.24, 2.45) is 0 Å². The lowest BCUT2D eigenvalue weighted by molar-refractivity contribution is -0.164. The standard InChI is InChI=1S/C20H25N5O4/c1-2-6-13(12-7-4-3-5-8-12)20(17(28)16(27)14(9-26)29-20)25-11-24-15-18(21)22-10-23-19(15)25/h3-5,7-8,10-11,13-14,16-17,26-28H,2,6,9H2,1H3,(H2,21,22,23)/t13-,14-,16-,17-,20-/m1/s1. The van der Waals surface area contributed by atoms with Crippen molar-refractivity contribution in [3.05, 3.63) is 48.5 Å². The topological polar surface area (TPSA) is 140 Å². The lowest BCUT2D eigenvalue weighted by Crippen LogP contribution is -2.50. The number of rotatable bonds is 6. The average molecular weight is 399 g/mol. The van der Waals surface area contributed by atoms with E-state index < -0.39 is 30.6 Å². The van der Waals surface area contributed by atoms with Crippen molar-refractivity contribution in [3.8, 4) is 0 Å². The van der Waals surface area contributed by atoms with Crippen molar-refractivity contribution < 1.29 is 20.1 Å². The van der Waals surface area contributed by atoms with E-state index in [9.17, 15) is 15.3 Å². The highest BCUT2D eigenvalue weighted by atomic mass is 16.6. The fraction of sp³-hybridized carbons (Fsp3) is 0.450. The molecule has 29 heavy (non-hydrogen) atoms. The third-order valence-electron chi connectivity index (χ3n) is 5.67. The molecule has 3 heterocycles. The molecule has 0 radical (unpaired) electrons. The highest BCUT2D eigenvalue weighted by Gasteiger charge is 2.60. The Labute approximate surface area is 167 Å². The maximum atomic E-state index is 11.3. The molecule has 1 aromatic carbocycles. The van der Waals surface area contributed by atoms with Gasteiger partial charge in [-0.25, -0.2) is 15.0 Å². The van der Waals surface area contributed by atoms with Crippen molar-refractivity contribution in [1.82, 2.24) is 19.5 Å². The maximum absolute atomic E-state index is 11.3. The van der Waals surface area contributed by atoms with Gasteiger partial charge in [-0.1, -0.05) is 43.7 Å². The molecule has 0 aliphatic carbocycles. The zero-order chi connectivity index (χ0) is 20.6. The van der Waals surface area contributed by atoms with Gasteiger partial charge in [0.1, 0.15) is 30.2 Å². The Hall–Kier alpha value is -2.59. The fourth-order valence-corrected chi connectivity index (χ4v) is 4.33. The van der Waals surface area contributed by atoms with Crippen LogP contribution in [0, 0.1) is 0 Å². The van der Waals surface area contributed by atoms with Crippen molar-refractivity contribution in [2.45, 2.75) is 49.7 Å². The van der Waals surface area contributed by atoms with Crippen LogP contribution in [0.5, 0.6) is 0 Å². The van der Waals surface area contributed by atoms with Crippen LogP contribution in [0.15, 0.2) is 43.0 Å². The van der Waals surface area contributed by atoms with Crippen molar-refractivity contribution in [1.29, 1.82) is 0 Å². The second kappa shape index (κ2) is 7.68. The number of anilines is 1. The van der Waals surface area contributed by atoms with Gasteiger partial charge in [-0.05, 0) is 12.0 Å². The molecule has 0 saturated carbocycles. The summed E-state index contributed by atoms with van der Waals surface area (Å²) in [5.41, 5.74) is 6.23. The average Bonchev–Trinajstić information content (AvgIpc) is 3.29. The van der Waals surface area contributed by atoms with Crippen LogP contribution in [0.25, 0.3) is 11.2 Å². The smallest absolute Gasteiger partial charge is 0.183 e. The van der Waals surface area contributed by atoms with Gasteiger partial charge in [-0.2, -0.15) is 0 Å². The summed E-state index contributed by atoms with van der Waals surface area (Å²) >= 11 is 0. The number of ether oxygens (including phenoxy) is 1. The number of aliphatic hydroxyl groups is 3. The van der Waals surface area contributed by atoms with Crippen LogP contribution in [-0.2, 0) is 10.5 Å². The van der Waals surface area contributed by atoms with Crippen molar-refractivity contribution in [2.75, 3.05) is 12.3 Å². The van der Waals surface area contributed by atoms with Gasteiger partial charge < -0.3 is 25.8 Å². The van der Waals surface area contributed by atoms with Gasteiger partial charge in [0.2, 0.25) is 0 Å². The van der Waals surface area contributed by atoms with Gasteiger partial charge in [-0.3, -0.25) is 4.57 Å². The Balaban J connectivity index is 1.98. The number of fused-ring (bicyclic) bond motifs is 1. The van der Waals surface area contributed by atoms with Crippen LogP contribution >= 0.6 is 0 Å². The first-order chi connectivity index (χ1) is 14.0. The van der Waals surface area contributed by atoms with Crippen LogP contribution in [0.1, 0.15) is 31.2 Å². The molecule has 0 amide bonds. The summed E-state index contributed by atoms with van der Waals surface area (Å²) in [4.78, 5) is 12.6. The number of nitrogen functional groups attached to an aromatic ring is 1. The van der Waals surface area contributed by atoms with E-state index in [1.165, 1.54) is 12.7 Å². The second-order valence-corrected chi connectivity index (χ2v) is 7.32. The Bertz CT molecular complexity index is 981. The molecule has 3 aromatic rings. The van der Waals surface area contributed by atoms with Gasteiger partial charge in [0, 0.05) is 5.92 Å². The molecule has 1 saturated heterocycles. The monoisotopic (exact) mass is 399 g/mol. The minimum Gasteiger partial charge on any atom is -0.394 e. The Morgan fingerprint density at radius 1 is 1.21 bits per heavy atom. The number of aliphatic hydroxyl groups excluding tert-OH is 3. The van der Waals surface area contributed by atoms with Crippen molar-refractivity contribution in [3.63, 3.8) is 0 Å². The molecule has 0 spiro atoms. The second-order valence-electron chi connectivity index (χ2n) is 7.32. The van der Waals surface area contributed by atoms with Crippen LogP contribution in [-0.4, -0.2) is 59.8 Å². The number of hydrogen-bond donors (Lipinski definition) is 4. The highest BCUT2D eigenvalue weighted by molar-refractivity contribution is 5.81. The molecule has 5 N–H and O–H groups in total. The quantitative estimate of drug-likeness (QED) is 0.476. The summed E-state index contributed by atoms with van der Waals surface area (Å²) in [7, 11) is 0. The minimum absolute atomic E-state index is 0.211. The molecule has 1 aliphatic heterocycles. The molecule has 2 aromatic heterocycles. The van der Waals surface area contributed by atoms with E-state index in [-0.39, 0.29) is 11.7 Å². The van der Waals surface area contributed by atoms with Crippen LogP contribution in [0.2, 0.25) is 0 Å². The zero-order valence-electron chi connectivity index (χ0n) is 16.1. The van der Waals surface area contributed by atoms with Crippen LogP contribution in [0.4, 0.5) is 5.82 Å². The number of nitrogens with zero attached hydrogens (tertiary/aromatic N) is 4. The van der Waals surface area contributed by atoms with Gasteiger partial charge in [0.15, 0.2) is 17.2 Å². The van der Waals surface area contributed by atoms with E-state index in [1.54, 1.807) is 4.57 Å². The molecular formula is C20H25N5O4. The normalized spacial score (nSPS) is 28.1. The van der Waals surface area contributed by atoms with Crippen molar-refractivity contribution >= 4 is 17.0 Å². The van der Waals surface area contributed by atoms with Gasteiger partial charge in [0.25, 0.3) is 0 Å². The minimum atomic E-state index is -1.43. The number of nitrogens with two attached hydrogens (primary N) is 1. The molecule has 9 nitrogen and oxygen atoms in total. The maximum Gasteiger partial charge on any atom is 0.183 e. The lowest BCUT2D eigenvalue weighted by atomic mass is 9.80. The summed E-state index contributed by atoms with van der Waals surface area (Å²) in [5, 5.41) is 31.7. The zero-order valence-corrected chi connectivity index (χ0v) is 16.1. The van der Waals surface area contributed by atoms with E-state index in [4.69, 9.17) is 10.5 Å². The summed E-state index contributed by atoms with van der Waals surface area (Å²) in [6, 6.07) is 9.66. The molecule has 154 valence electrons. The lowest BCUT2D eigenvalue weighted by Gasteiger charge is -2.41. The third kappa shape index (κ3) is 2.98. The first-order valence-electron chi connectivity index (χ1n) is 9.68. The summed E-state index contributed by atoms with van der Waals surface area (Å²) < 4.78 is 7.88. The van der Waals surface area contributed by atoms with E-state index in [0.29, 0.717) is 17.6 Å². The predicted octanol–water partition coefficient (Wildman–Crippen LogP) is 0.758. The Kier molecular flexibility index (Phi) is 5.22. The molecule has 9 heteroatoms. The van der Waals surface area contributed by atoms with E-state index in [1.807, 2.05) is 37.3 Å². The van der Waals surface area contributed by atoms with E-state index in [2.05, 4.69) is 15.0 Å². The third-order valence-corrected chi connectivity index (χ3v) is 5.67. The van der Waals surface area contributed by atoms with E-state index in [0.717, 1.165) is 12.0 Å². The number of hydrogen-bond acceptors (Lipinski definition) is 8. The first kappa shape index (κ1) is 19.7. The number of aromatic nitrogens is 4. The molecular weight excluding hydrogens is 374 g/mol. The highest BCUT2D eigenvalue weighted by Crippen LogP contribution is 2.49. The summed E-state index contributed by atoms with van der Waals surface area (Å²) in [6.45, 7) is 1.61. The van der Waals surface area contributed by atoms with Crippen LogP contribution in [0.3, 0.4) is 0 Å². The molecule has 5 atom stereocenters. The molecule has 0 unspecified atom stereocenters. The van der Waals surface area contributed by atoms with Crippen LogP contribution < -0.4 is 5.73 Å².